The van der Waals surface area contributed by atoms with Crippen molar-refractivity contribution in [3.05, 3.63) is 337 Å². The molecule has 6 heterocycles. The molecular weight excluding hydrogens is 1670 g/mol. The number of fused-ring (bicyclic) bond motifs is 18. The maximum absolute atomic E-state index is 13.1. The molecule has 0 saturated carbocycles. The van der Waals surface area contributed by atoms with E-state index < -0.39 is 49.9 Å². The fraction of sp³-hybridized carbons (Fsp3) is 0.0217. The number of aromatic nitrogens is 3. The summed E-state index contributed by atoms with van der Waals surface area (Å²) >= 11 is 6.86. The summed E-state index contributed by atoms with van der Waals surface area (Å²) < 4.78 is 157. The summed E-state index contributed by atoms with van der Waals surface area (Å²) in [6.45, 7) is 0. The Kier molecular flexibility index (Phi) is 19.2. The molecule has 0 spiro atoms. The molecule has 25 heteroatoms. The van der Waals surface area contributed by atoms with Crippen molar-refractivity contribution in [2.45, 2.75) is 11.0 Å². The van der Waals surface area contributed by atoms with E-state index in [4.69, 9.17) is 13.3 Å². The molecule has 21 rings (SSSR count). The first-order valence-electron chi connectivity index (χ1n) is 36.2. The highest BCUT2D eigenvalue weighted by Crippen LogP contribution is 2.45. The predicted octanol–water partition coefficient (Wildman–Crippen LogP) is 24.7. The van der Waals surface area contributed by atoms with Crippen LogP contribution >= 0.6 is 31.9 Å². The molecule has 0 aliphatic rings. The van der Waals surface area contributed by atoms with Crippen LogP contribution in [-0.2, 0) is 20.2 Å². The summed E-state index contributed by atoms with van der Waals surface area (Å²) in [4.78, 5) is 0. The molecule has 0 aliphatic heterocycles. The molecule has 15 aromatic carbocycles. The third kappa shape index (κ3) is 13.8. The Balaban J connectivity index is 0.000000111. The molecule has 576 valence electrons. The number of furan rings is 3. The Morgan fingerprint density at radius 2 is 0.624 bits per heavy atom. The van der Waals surface area contributed by atoms with Crippen molar-refractivity contribution in [3.63, 3.8) is 0 Å². The lowest BCUT2D eigenvalue weighted by atomic mass is 9.80. The molecule has 14 nitrogen and oxygen atoms in total. The van der Waals surface area contributed by atoms with E-state index in [9.17, 15) is 53.2 Å². The summed E-state index contributed by atoms with van der Waals surface area (Å²) in [6.07, 6.45) is 0. The largest absolute Gasteiger partial charge is 0.534 e. The molecule has 0 bridgehead atoms. The van der Waals surface area contributed by atoms with Crippen molar-refractivity contribution in [3.8, 4) is 50.8 Å². The average molecular weight is 1730 g/mol. The second-order valence-electron chi connectivity index (χ2n) is 27.4. The van der Waals surface area contributed by atoms with Crippen LogP contribution in [0.15, 0.2) is 350 Å². The Morgan fingerprint density at radius 3 is 1.05 bits per heavy atom. The maximum atomic E-state index is 13.1. The highest BCUT2D eigenvalue weighted by molar-refractivity contribution is 9.10. The molecule has 0 radical (unpaired) electrons. The Morgan fingerprint density at radius 1 is 0.299 bits per heavy atom. The minimum atomic E-state index is -5.86. The second-order valence-corrected chi connectivity index (χ2v) is 32.3. The first-order valence-corrected chi connectivity index (χ1v) is 40.6. The average Bonchev–Trinajstić information content (AvgIpc) is 1.53. The lowest BCUT2D eigenvalue weighted by molar-refractivity contribution is -0.0504. The maximum Gasteiger partial charge on any atom is 0.534 e. The minimum absolute atomic E-state index is 0.147. The van der Waals surface area contributed by atoms with E-state index in [1.165, 1.54) is 62.9 Å². The van der Waals surface area contributed by atoms with E-state index in [0.717, 1.165) is 98.6 Å². The highest BCUT2D eigenvalue weighted by atomic mass is 79.9. The van der Waals surface area contributed by atoms with E-state index in [0.29, 0.717) is 31.9 Å². The Hall–Kier alpha value is -12.9. The number of hydrogen-bond acceptors (Lipinski definition) is 11. The standard InChI is InChI=1S/C31H18F3NO4S.C30H18BrNO.C18H14BNO2.C13H6BrF3O4S/c32-31(33,34)40(36,37)39-29-12-6-11-28-30(29)24-18-20(14-16-27(24)38-28)19-13-15-26-23(17-19)22-9-4-5-10-25(22)35(26)21-7-2-1-3-8-21;31-20-14-16-28-25(18-20)30-22(10-6-12-29(30)33-28)19-13-15-27-24(17-19)23-9-4-5-11-26(23)32(27)21-7-2-1-3-8-21;21-19(22)13-10-11-18-16(12-13)15-8-4-5-9-17(15)20(18)14-6-2-1-3-7-14;14-7-4-5-9-8(6-7)12-10(20-9)2-1-3-11(12)21-22(18,19)13(15,16)17/h1-18H;1-18H;1-12,21-22H;1-6H. The molecule has 0 amide bonds. The quantitative estimate of drug-likeness (QED) is 0.0575. The van der Waals surface area contributed by atoms with Gasteiger partial charge in [-0.25, -0.2) is 0 Å². The summed E-state index contributed by atoms with van der Waals surface area (Å²) in [6, 6.07) is 105. The summed E-state index contributed by atoms with van der Waals surface area (Å²) in [5.41, 5.74) is 6.47. The monoisotopic (exact) mass is 1730 g/mol. The zero-order valence-electron chi connectivity index (χ0n) is 60.5. The van der Waals surface area contributed by atoms with Crippen LogP contribution in [0.5, 0.6) is 11.5 Å². The zero-order valence-corrected chi connectivity index (χ0v) is 65.3. The molecule has 0 atom stereocenters. The van der Waals surface area contributed by atoms with Gasteiger partial charge in [-0.2, -0.15) is 43.2 Å². The second kappa shape index (κ2) is 29.8. The van der Waals surface area contributed by atoms with Crippen molar-refractivity contribution >= 4 is 196 Å². The Bertz CT molecular complexity index is 7740. The minimum Gasteiger partial charge on any atom is -0.456 e. The fourth-order valence-electron chi connectivity index (χ4n) is 15.3. The van der Waals surface area contributed by atoms with Gasteiger partial charge in [-0.05, 0) is 192 Å². The van der Waals surface area contributed by atoms with Crippen LogP contribution in [0, 0.1) is 0 Å². The molecule has 0 fully saturated rings. The number of para-hydroxylation sites is 6. The SMILES string of the molecule is Brc1ccc2oc3cccc(-c4ccc5c(c4)c4ccccc4n5-c4ccccc4)c3c2c1.O=S(=O)(Oc1cccc2oc3ccc(-c4ccc5c(c4)c4ccccc4n5-c4ccccc4)cc3c12)C(F)(F)F.O=S(=O)(Oc1cccc2oc3ccc(Br)cc3c12)C(F)(F)F.OB(O)c1ccc2c(c1)c1ccccc1n2-c1ccccc1. The molecule has 0 aliphatic carbocycles. The van der Waals surface area contributed by atoms with Crippen molar-refractivity contribution in [1.82, 2.24) is 13.7 Å². The van der Waals surface area contributed by atoms with E-state index in [2.05, 4.69) is 200 Å². The van der Waals surface area contributed by atoms with E-state index in [1.807, 2.05) is 109 Å². The van der Waals surface area contributed by atoms with Gasteiger partial charge < -0.3 is 45.4 Å². The number of alkyl halides is 6. The first-order chi connectivity index (χ1) is 56.4. The molecule has 2 N–H and O–H groups in total. The topological polar surface area (TPSA) is 181 Å². The van der Waals surface area contributed by atoms with Crippen LogP contribution in [0.2, 0.25) is 0 Å². The van der Waals surface area contributed by atoms with Gasteiger partial charge in [-0.3, -0.25) is 0 Å². The molecular formula is C92H56BBr2F6N3O11S2. The molecule has 21 aromatic rings. The highest BCUT2D eigenvalue weighted by Gasteiger charge is 2.50. The molecule has 0 unspecified atom stereocenters. The zero-order chi connectivity index (χ0) is 80.8. The number of rotatable bonds is 10. The van der Waals surface area contributed by atoms with Gasteiger partial charge >= 0.3 is 38.4 Å². The number of benzene rings is 15. The van der Waals surface area contributed by atoms with Gasteiger partial charge in [0.25, 0.3) is 0 Å². The van der Waals surface area contributed by atoms with Gasteiger partial charge in [0.1, 0.15) is 33.5 Å². The van der Waals surface area contributed by atoms with Crippen LogP contribution in [0.4, 0.5) is 26.3 Å². The fourth-order valence-corrected chi connectivity index (χ4v) is 16.9. The molecule has 6 aromatic heterocycles. The normalized spacial score (nSPS) is 12.2. The van der Waals surface area contributed by atoms with Crippen molar-refractivity contribution in [2.24, 2.45) is 0 Å². The summed E-state index contributed by atoms with van der Waals surface area (Å²) in [5.74, 6) is -0.890. The van der Waals surface area contributed by atoms with Crippen LogP contribution < -0.4 is 13.8 Å². The lowest BCUT2D eigenvalue weighted by Crippen LogP contribution is -2.29. The predicted molar refractivity (Wildman–Crippen MR) is 458 cm³/mol. The number of hydrogen-bond donors (Lipinski definition) is 2. The van der Waals surface area contributed by atoms with Crippen molar-refractivity contribution in [1.29, 1.82) is 0 Å². The van der Waals surface area contributed by atoms with Crippen LogP contribution in [0.1, 0.15) is 0 Å². The van der Waals surface area contributed by atoms with Gasteiger partial charge in [-0.1, -0.05) is 196 Å². The van der Waals surface area contributed by atoms with Crippen LogP contribution in [0.25, 0.3) is 171 Å². The van der Waals surface area contributed by atoms with Gasteiger partial charge in [0.15, 0.2) is 11.5 Å². The first kappa shape index (κ1) is 75.5. The smallest absolute Gasteiger partial charge is 0.456 e. The summed E-state index contributed by atoms with van der Waals surface area (Å²) in [7, 11) is -13.1. The van der Waals surface area contributed by atoms with E-state index in [-0.39, 0.29) is 21.9 Å². The van der Waals surface area contributed by atoms with Gasteiger partial charge in [0, 0.05) is 79.9 Å². The van der Waals surface area contributed by atoms with Gasteiger partial charge in [0.05, 0.1) is 43.9 Å². The summed E-state index contributed by atoms with van der Waals surface area (Å²) in [5, 5.41) is 29.1. The van der Waals surface area contributed by atoms with E-state index in [1.54, 1.807) is 42.5 Å². The third-order valence-corrected chi connectivity index (χ3v) is 23.2. The van der Waals surface area contributed by atoms with E-state index >= 15 is 0 Å². The lowest BCUT2D eigenvalue weighted by Gasteiger charge is -2.10. The third-order valence-electron chi connectivity index (χ3n) is 20.3. The van der Waals surface area contributed by atoms with Crippen molar-refractivity contribution in [2.75, 3.05) is 0 Å². The van der Waals surface area contributed by atoms with Crippen LogP contribution in [0.3, 0.4) is 0 Å². The molecule has 117 heavy (non-hydrogen) atoms. The Labute approximate surface area is 678 Å². The van der Waals surface area contributed by atoms with Gasteiger partial charge in [0.2, 0.25) is 0 Å². The van der Waals surface area contributed by atoms with Crippen molar-refractivity contribution < 1.29 is 74.8 Å². The van der Waals surface area contributed by atoms with Gasteiger partial charge in [-0.15, -0.1) is 0 Å². The van der Waals surface area contributed by atoms with Crippen LogP contribution in [-0.4, -0.2) is 58.7 Å². The number of halogens is 8. The number of nitrogens with zero attached hydrogens (tertiary/aromatic N) is 3. The molecule has 0 saturated heterocycles.